The lowest BCUT2D eigenvalue weighted by atomic mass is 10.1. The molecule has 0 bridgehead atoms. The minimum Gasteiger partial charge on any atom is -0.273 e. The number of carbonyl (C=O) groups excluding carboxylic acids is 2. The van der Waals surface area contributed by atoms with Crippen LogP contribution in [0.1, 0.15) is 21.6 Å². The van der Waals surface area contributed by atoms with Crippen molar-refractivity contribution in [1.29, 1.82) is 0 Å². The average Bonchev–Trinajstić information content (AvgIpc) is 2.94. The minimum atomic E-state index is -0.370. The molecule has 25 heavy (non-hydrogen) atoms. The Bertz CT molecular complexity index is 1060. The molecule has 0 saturated carbocycles. The van der Waals surface area contributed by atoms with Crippen LogP contribution in [0.5, 0.6) is 0 Å². The number of H-pyrrole nitrogens is 1. The van der Waals surface area contributed by atoms with E-state index in [9.17, 15) is 14.4 Å². The van der Waals surface area contributed by atoms with Gasteiger partial charge >= 0.3 is 0 Å². The summed E-state index contributed by atoms with van der Waals surface area (Å²) in [5, 5.41) is 8.77. The largest absolute Gasteiger partial charge is 0.273 e. The molecule has 7 heteroatoms. The fourth-order valence-electron chi connectivity index (χ4n) is 2.99. The standard InChI is InChI=1S/C18H14N4O3/c23-16(21-22-10-11-5-1-2-6-12(11)18(22)25)9-15-13-7-3-4-8-14(13)17(24)20-19-15/h1-8H,9-10H2,(H,20,24)(H,21,23). The number of amides is 2. The van der Waals surface area contributed by atoms with Gasteiger partial charge in [0.25, 0.3) is 11.5 Å². The molecule has 124 valence electrons. The van der Waals surface area contributed by atoms with E-state index in [2.05, 4.69) is 15.6 Å². The van der Waals surface area contributed by atoms with E-state index in [0.29, 0.717) is 28.6 Å². The summed E-state index contributed by atoms with van der Waals surface area (Å²) in [6.45, 7) is 0.334. The number of rotatable bonds is 3. The Morgan fingerprint density at radius 2 is 1.80 bits per heavy atom. The van der Waals surface area contributed by atoms with Gasteiger partial charge < -0.3 is 0 Å². The number of hydrazine groups is 1. The predicted molar refractivity (Wildman–Crippen MR) is 90.5 cm³/mol. The maximum absolute atomic E-state index is 12.4. The van der Waals surface area contributed by atoms with E-state index in [4.69, 9.17) is 0 Å². The first-order chi connectivity index (χ1) is 12.1. The first kappa shape index (κ1) is 15.1. The summed E-state index contributed by atoms with van der Waals surface area (Å²) in [6.07, 6.45) is -0.0442. The molecule has 4 rings (SSSR count). The highest BCUT2D eigenvalue weighted by atomic mass is 16.2. The Hall–Kier alpha value is -3.48. The van der Waals surface area contributed by atoms with Crippen molar-refractivity contribution in [2.24, 2.45) is 0 Å². The first-order valence-corrected chi connectivity index (χ1v) is 7.79. The zero-order valence-corrected chi connectivity index (χ0v) is 13.2. The van der Waals surface area contributed by atoms with Gasteiger partial charge in [0.2, 0.25) is 5.91 Å². The van der Waals surface area contributed by atoms with E-state index < -0.39 is 0 Å². The number of nitrogens with zero attached hydrogens (tertiary/aromatic N) is 2. The Kier molecular flexibility index (Phi) is 3.53. The van der Waals surface area contributed by atoms with Crippen LogP contribution in [0.4, 0.5) is 0 Å². The fraction of sp³-hybridized carbons (Fsp3) is 0.111. The van der Waals surface area contributed by atoms with Gasteiger partial charge in [-0.2, -0.15) is 5.10 Å². The van der Waals surface area contributed by atoms with Gasteiger partial charge in [0.05, 0.1) is 24.0 Å². The summed E-state index contributed by atoms with van der Waals surface area (Å²) < 4.78 is 0. The fourth-order valence-corrected chi connectivity index (χ4v) is 2.99. The predicted octanol–water partition coefficient (Wildman–Crippen LogP) is 1.15. The number of aromatic nitrogens is 2. The Labute approximate surface area is 142 Å². The second-order valence-electron chi connectivity index (χ2n) is 5.81. The quantitative estimate of drug-likeness (QED) is 0.751. The van der Waals surface area contributed by atoms with Crippen LogP contribution in [0, 0.1) is 0 Å². The van der Waals surface area contributed by atoms with Gasteiger partial charge in [0.1, 0.15) is 0 Å². The van der Waals surface area contributed by atoms with E-state index in [0.717, 1.165) is 5.56 Å². The second-order valence-corrected chi connectivity index (χ2v) is 5.81. The number of benzene rings is 2. The van der Waals surface area contributed by atoms with Gasteiger partial charge in [0, 0.05) is 10.9 Å². The Balaban J connectivity index is 1.54. The van der Waals surface area contributed by atoms with Crippen LogP contribution in [0.3, 0.4) is 0 Å². The number of fused-ring (bicyclic) bond motifs is 2. The van der Waals surface area contributed by atoms with Crippen LogP contribution in [0.25, 0.3) is 10.8 Å². The van der Waals surface area contributed by atoms with E-state index in [-0.39, 0.29) is 23.8 Å². The zero-order chi connectivity index (χ0) is 17.4. The highest BCUT2D eigenvalue weighted by Gasteiger charge is 2.28. The summed E-state index contributed by atoms with van der Waals surface area (Å²) in [7, 11) is 0. The molecule has 2 aromatic carbocycles. The maximum Gasteiger partial charge on any atom is 0.272 e. The summed E-state index contributed by atoms with van der Waals surface area (Å²) in [5.74, 6) is -0.603. The normalized spacial score (nSPS) is 13.1. The Morgan fingerprint density at radius 3 is 2.60 bits per heavy atom. The molecule has 0 fully saturated rings. The summed E-state index contributed by atoms with van der Waals surface area (Å²) in [5.41, 5.74) is 4.24. The van der Waals surface area contributed by atoms with Crippen LogP contribution < -0.4 is 11.0 Å². The van der Waals surface area contributed by atoms with Crippen molar-refractivity contribution in [3.05, 3.63) is 75.7 Å². The number of aromatic amines is 1. The van der Waals surface area contributed by atoms with Gasteiger partial charge in [-0.05, 0) is 17.7 Å². The molecule has 7 nitrogen and oxygen atoms in total. The van der Waals surface area contributed by atoms with Crippen LogP contribution in [0.15, 0.2) is 53.3 Å². The molecule has 2 amide bonds. The molecule has 0 saturated heterocycles. The van der Waals surface area contributed by atoms with Gasteiger partial charge in [-0.15, -0.1) is 0 Å². The molecule has 1 aliphatic heterocycles. The molecule has 0 atom stereocenters. The molecule has 0 radical (unpaired) electrons. The van der Waals surface area contributed by atoms with Gasteiger partial charge in [-0.25, -0.2) is 10.1 Å². The molecule has 2 N–H and O–H groups in total. The number of nitrogens with one attached hydrogen (secondary N) is 2. The summed E-state index contributed by atoms with van der Waals surface area (Å²) in [4.78, 5) is 36.4. The first-order valence-electron chi connectivity index (χ1n) is 7.79. The summed E-state index contributed by atoms with van der Waals surface area (Å²) >= 11 is 0. The minimum absolute atomic E-state index is 0.0442. The highest BCUT2D eigenvalue weighted by Crippen LogP contribution is 2.20. The van der Waals surface area contributed by atoms with Crippen molar-refractivity contribution in [3.63, 3.8) is 0 Å². The van der Waals surface area contributed by atoms with Crippen LogP contribution in [0.2, 0.25) is 0 Å². The van der Waals surface area contributed by atoms with E-state index >= 15 is 0 Å². The van der Waals surface area contributed by atoms with Gasteiger partial charge in [0.15, 0.2) is 0 Å². The molecule has 0 unspecified atom stereocenters. The lowest BCUT2D eigenvalue weighted by molar-refractivity contribution is -0.124. The molecular weight excluding hydrogens is 320 g/mol. The smallest absolute Gasteiger partial charge is 0.272 e. The number of hydrogen-bond donors (Lipinski definition) is 2. The number of carbonyl (C=O) groups is 2. The third-order valence-electron chi connectivity index (χ3n) is 4.18. The van der Waals surface area contributed by atoms with Crippen LogP contribution in [-0.2, 0) is 17.8 Å². The van der Waals surface area contributed by atoms with Crippen molar-refractivity contribution in [2.45, 2.75) is 13.0 Å². The molecule has 0 spiro atoms. The van der Waals surface area contributed by atoms with Crippen molar-refractivity contribution >= 4 is 22.6 Å². The lowest BCUT2D eigenvalue weighted by Crippen LogP contribution is -2.43. The molecular formula is C18H14N4O3. The summed E-state index contributed by atoms with van der Waals surface area (Å²) in [6, 6.07) is 14.2. The van der Waals surface area contributed by atoms with Crippen molar-refractivity contribution in [3.8, 4) is 0 Å². The highest BCUT2D eigenvalue weighted by molar-refractivity contribution is 5.99. The monoisotopic (exact) mass is 334 g/mol. The van der Waals surface area contributed by atoms with Crippen LogP contribution >= 0.6 is 0 Å². The topological polar surface area (TPSA) is 95.2 Å². The van der Waals surface area contributed by atoms with Crippen molar-refractivity contribution in [1.82, 2.24) is 20.6 Å². The SMILES string of the molecule is O=C(Cc1n[nH]c(=O)c2ccccc12)NN1Cc2ccccc2C1=O. The van der Waals surface area contributed by atoms with Crippen molar-refractivity contribution < 1.29 is 9.59 Å². The maximum atomic E-state index is 12.4. The molecule has 0 aliphatic carbocycles. The van der Waals surface area contributed by atoms with Gasteiger partial charge in [-0.3, -0.25) is 19.8 Å². The third kappa shape index (κ3) is 2.65. The van der Waals surface area contributed by atoms with Gasteiger partial charge in [-0.1, -0.05) is 36.4 Å². The number of hydrogen-bond acceptors (Lipinski definition) is 4. The third-order valence-corrected chi connectivity index (χ3v) is 4.18. The molecule has 1 aliphatic rings. The average molecular weight is 334 g/mol. The molecule has 3 aromatic rings. The van der Waals surface area contributed by atoms with E-state index in [1.807, 2.05) is 12.1 Å². The van der Waals surface area contributed by atoms with Crippen LogP contribution in [-0.4, -0.2) is 27.0 Å². The molecule has 2 heterocycles. The Morgan fingerprint density at radius 1 is 1.08 bits per heavy atom. The van der Waals surface area contributed by atoms with E-state index in [1.165, 1.54) is 5.01 Å². The molecule has 1 aromatic heterocycles. The van der Waals surface area contributed by atoms with Crippen molar-refractivity contribution in [2.75, 3.05) is 0 Å². The zero-order valence-electron chi connectivity index (χ0n) is 13.2. The second kappa shape index (κ2) is 5.86. The van der Waals surface area contributed by atoms with E-state index in [1.54, 1.807) is 36.4 Å². The lowest BCUT2D eigenvalue weighted by Gasteiger charge is -2.16.